The minimum absolute atomic E-state index is 0.107. The van der Waals surface area contributed by atoms with Crippen molar-refractivity contribution >= 4 is 28.6 Å². The molecule has 0 aliphatic rings. The van der Waals surface area contributed by atoms with Crippen molar-refractivity contribution < 1.29 is 4.79 Å². The quantitative estimate of drug-likeness (QED) is 0.448. The fraction of sp³-hybridized carbons (Fsp3) is 0.0417. The molecular formula is C24H19N7O. The molecule has 5 rings (SSSR count). The number of anilines is 2. The van der Waals surface area contributed by atoms with Gasteiger partial charge >= 0.3 is 0 Å². The maximum absolute atomic E-state index is 12.4. The molecule has 0 saturated carbocycles. The van der Waals surface area contributed by atoms with Crippen molar-refractivity contribution in [1.29, 1.82) is 0 Å². The van der Waals surface area contributed by atoms with Crippen LogP contribution in [0.2, 0.25) is 0 Å². The van der Waals surface area contributed by atoms with Gasteiger partial charge in [-0.2, -0.15) is 0 Å². The van der Waals surface area contributed by atoms with E-state index >= 15 is 0 Å². The lowest BCUT2D eigenvalue weighted by Gasteiger charge is -2.11. The standard InChI is InChI=1S/C24H19N7O/c25-22-19(5-2-12-27-22)23-30-20-6-3-13-28-24(20)31(23)18-9-7-16(8-10-18)14-21(32)29-17-4-1-11-26-15-17/h1-13,15H,14H2,(H2,25,27)(H,29,32). The molecule has 0 unspecified atom stereocenters. The van der Waals surface area contributed by atoms with Crippen LogP contribution in [0.15, 0.2) is 85.5 Å². The van der Waals surface area contributed by atoms with Gasteiger partial charge in [-0.15, -0.1) is 0 Å². The fourth-order valence-electron chi connectivity index (χ4n) is 3.53. The summed E-state index contributed by atoms with van der Waals surface area (Å²) in [5.41, 5.74) is 10.7. The van der Waals surface area contributed by atoms with Gasteiger partial charge in [-0.05, 0) is 54.1 Å². The van der Waals surface area contributed by atoms with Gasteiger partial charge < -0.3 is 11.1 Å². The molecule has 4 aromatic heterocycles. The van der Waals surface area contributed by atoms with Gasteiger partial charge in [-0.3, -0.25) is 14.3 Å². The first-order chi connectivity index (χ1) is 15.7. The smallest absolute Gasteiger partial charge is 0.228 e. The Morgan fingerprint density at radius 1 is 0.938 bits per heavy atom. The van der Waals surface area contributed by atoms with Gasteiger partial charge in [0.25, 0.3) is 0 Å². The summed E-state index contributed by atoms with van der Waals surface area (Å²) >= 11 is 0. The van der Waals surface area contributed by atoms with E-state index in [-0.39, 0.29) is 12.3 Å². The summed E-state index contributed by atoms with van der Waals surface area (Å²) in [5, 5.41) is 2.85. The van der Waals surface area contributed by atoms with Crippen molar-refractivity contribution in [2.45, 2.75) is 6.42 Å². The zero-order valence-electron chi connectivity index (χ0n) is 17.0. The zero-order chi connectivity index (χ0) is 21.9. The molecule has 32 heavy (non-hydrogen) atoms. The number of benzene rings is 1. The Morgan fingerprint density at radius 2 is 1.72 bits per heavy atom. The lowest BCUT2D eigenvalue weighted by Crippen LogP contribution is -2.14. The number of hydrogen-bond acceptors (Lipinski definition) is 6. The van der Waals surface area contributed by atoms with E-state index in [4.69, 9.17) is 10.7 Å². The average molecular weight is 421 g/mol. The Balaban J connectivity index is 1.48. The summed E-state index contributed by atoms with van der Waals surface area (Å²) < 4.78 is 1.95. The van der Waals surface area contributed by atoms with Crippen LogP contribution >= 0.6 is 0 Å². The number of amides is 1. The Kier molecular flexibility index (Phi) is 5.01. The maximum atomic E-state index is 12.4. The molecule has 156 valence electrons. The maximum Gasteiger partial charge on any atom is 0.228 e. The first-order valence-corrected chi connectivity index (χ1v) is 10.0. The second-order valence-corrected chi connectivity index (χ2v) is 7.19. The van der Waals surface area contributed by atoms with Gasteiger partial charge in [-0.1, -0.05) is 12.1 Å². The Labute approximate surface area is 183 Å². The molecule has 0 spiro atoms. The van der Waals surface area contributed by atoms with Crippen LogP contribution in [0.25, 0.3) is 28.2 Å². The lowest BCUT2D eigenvalue weighted by atomic mass is 10.1. The number of pyridine rings is 3. The first-order valence-electron chi connectivity index (χ1n) is 10.0. The molecule has 1 aromatic carbocycles. The van der Waals surface area contributed by atoms with Gasteiger partial charge in [0.05, 0.1) is 23.9 Å². The lowest BCUT2D eigenvalue weighted by molar-refractivity contribution is -0.115. The number of nitrogens with one attached hydrogen (secondary N) is 1. The van der Waals surface area contributed by atoms with E-state index in [1.165, 1.54) is 0 Å². The topological polar surface area (TPSA) is 112 Å². The van der Waals surface area contributed by atoms with Crippen LogP contribution in [-0.4, -0.2) is 30.4 Å². The molecule has 0 saturated heterocycles. The third kappa shape index (κ3) is 3.77. The van der Waals surface area contributed by atoms with Crippen molar-refractivity contribution in [2.24, 2.45) is 0 Å². The van der Waals surface area contributed by atoms with E-state index in [1.807, 2.05) is 53.1 Å². The van der Waals surface area contributed by atoms with Crippen molar-refractivity contribution in [3.8, 4) is 17.1 Å². The van der Waals surface area contributed by atoms with Crippen LogP contribution in [0.4, 0.5) is 11.5 Å². The molecule has 0 radical (unpaired) electrons. The molecule has 3 N–H and O–H groups in total. The van der Waals surface area contributed by atoms with Gasteiger partial charge in [-0.25, -0.2) is 15.0 Å². The number of imidazole rings is 1. The monoisotopic (exact) mass is 421 g/mol. The normalized spacial score (nSPS) is 10.9. The van der Waals surface area contributed by atoms with Crippen LogP contribution in [0, 0.1) is 0 Å². The number of carbonyl (C=O) groups is 1. The molecule has 4 heterocycles. The van der Waals surface area contributed by atoms with Crippen molar-refractivity contribution in [3.63, 3.8) is 0 Å². The summed E-state index contributed by atoms with van der Waals surface area (Å²) in [5.74, 6) is 0.948. The number of nitrogen functional groups attached to an aromatic ring is 1. The van der Waals surface area contributed by atoms with E-state index in [0.29, 0.717) is 23.0 Å². The Bertz CT molecular complexity index is 1400. The second kappa shape index (κ2) is 8.27. The first kappa shape index (κ1) is 19.4. The summed E-state index contributed by atoms with van der Waals surface area (Å²) in [6.07, 6.45) is 6.91. The molecule has 1 amide bonds. The van der Waals surface area contributed by atoms with Crippen molar-refractivity contribution in [1.82, 2.24) is 24.5 Å². The van der Waals surface area contributed by atoms with Gasteiger partial charge in [0, 0.05) is 24.3 Å². The highest BCUT2D eigenvalue weighted by atomic mass is 16.1. The summed E-state index contributed by atoms with van der Waals surface area (Å²) in [7, 11) is 0. The third-order valence-electron chi connectivity index (χ3n) is 5.00. The second-order valence-electron chi connectivity index (χ2n) is 7.19. The van der Waals surface area contributed by atoms with E-state index in [9.17, 15) is 4.79 Å². The largest absolute Gasteiger partial charge is 0.383 e. The molecule has 5 aromatic rings. The van der Waals surface area contributed by atoms with E-state index in [1.54, 1.807) is 36.9 Å². The molecule has 0 atom stereocenters. The highest BCUT2D eigenvalue weighted by molar-refractivity contribution is 5.92. The SMILES string of the molecule is Nc1ncccc1-c1nc2cccnc2n1-c1ccc(CC(=O)Nc2cccnc2)cc1. The van der Waals surface area contributed by atoms with Gasteiger partial charge in [0.2, 0.25) is 5.91 Å². The Hall–Kier alpha value is -4.59. The molecule has 0 aliphatic heterocycles. The minimum Gasteiger partial charge on any atom is -0.383 e. The number of fused-ring (bicyclic) bond motifs is 1. The highest BCUT2D eigenvalue weighted by Crippen LogP contribution is 2.30. The van der Waals surface area contributed by atoms with Crippen molar-refractivity contribution in [2.75, 3.05) is 11.1 Å². The van der Waals surface area contributed by atoms with E-state index < -0.39 is 0 Å². The number of nitrogens with two attached hydrogens (primary N) is 1. The van der Waals surface area contributed by atoms with Crippen LogP contribution in [0.5, 0.6) is 0 Å². The highest BCUT2D eigenvalue weighted by Gasteiger charge is 2.17. The van der Waals surface area contributed by atoms with Crippen LogP contribution in [0.3, 0.4) is 0 Å². The summed E-state index contributed by atoms with van der Waals surface area (Å²) in [6.45, 7) is 0. The van der Waals surface area contributed by atoms with Crippen molar-refractivity contribution in [3.05, 3.63) is 91.0 Å². The van der Waals surface area contributed by atoms with E-state index in [2.05, 4.69) is 20.3 Å². The fourth-order valence-corrected chi connectivity index (χ4v) is 3.53. The molecular weight excluding hydrogens is 402 g/mol. The molecule has 8 nitrogen and oxygen atoms in total. The summed E-state index contributed by atoms with van der Waals surface area (Å²) in [4.78, 5) is 29.8. The minimum atomic E-state index is -0.107. The average Bonchev–Trinajstić information content (AvgIpc) is 3.20. The molecule has 0 fully saturated rings. The van der Waals surface area contributed by atoms with Crippen LogP contribution in [-0.2, 0) is 11.2 Å². The third-order valence-corrected chi connectivity index (χ3v) is 5.00. The Morgan fingerprint density at radius 3 is 2.50 bits per heavy atom. The predicted octanol–water partition coefficient (Wildman–Crippen LogP) is 3.64. The van der Waals surface area contributed by atoms with Gasteiger partial charge in [0.15, 0.2) is 11.5 Å². The number of rotatable bonds is 5. The predicted molar refractivity (Wildman–Crippen MR) is 123 cm³/mol. The number of hydrogen-bond donors (Lipinski definition) is 2. The summed E-state index contributed by atoms with van der Waals surface area (Å²) in [6, 6.07) is 18.8. The number of nitrogens with zero attached hydrogens (tertiary/aromatic N) is 5. The zero-order valence-corrected chi connectivity index (χ0v) is 17.0. The molecule has 0 bridgehead atoms. The number of aromatic nitrogens is 5. The molecule has 8 heteroatoms. The van der Waals surface area contributed by atoms with Crippen LogP contribution < -0.4 is 11.1 Å². The molecule has 0 aliphatic carbocycles. The van der Waals surface area contributed by atoms with E-state index in [0.717, 1.165) is 22.3 Å². The number of carbonyl (C=O) groups excluding carboxylic acids is 1. The van der Waals surface area contributed by atoms with Crippen LogP contribution in [0.1, 0.15) is 5.56 Å². The van der Waals surface area contributed by atoms with Gasteiger partial charge in [0.1, 0.15) is 11.3 Å².